The van der Waals surface area contributed by atoms with Gasteiger partial charge in [-0.1, -0.05) is 152 Å². The summed E-state index contributed by atoms with van der Waals surface area (Å²) >= 11 is 0. The van der Waals surface area contributed by atoms with Crippen LogP contribution >= 0.6 is 0 Å². The summed E-state index contributed by atoms with van der Waals surface area (Å²) < 4.78 is 6.66. The number of fused-ring (bicyclic) bond motifs is 6. The van der Waals surface area contributed by atoms with Crippen LogP contribution in [-0.4, -0.2) is 15.0 Å². The van der Waals surface area contributed by atoms with E-state index in [1.54, 1.807) is 0 Å². The third kappa shape index (κ3) is 5.85. The van der Waals surface area contributed by atoms with E-state index < -0.39 is 0 Å². The van der Waals surface area contributed by atoms with Gasteiger partial charge in [0.2, 0.25) is 0 Å². The summed E-state index contributed by atoms with van der Waals surface area (Å²) in [6.07, 6.45) is 0. The quantitative estimate of drug-likeness (QED) is 0.152. The summed E-state index contributed by atoms with van der Waals surface area (Å²) in [5.74, 6) is 1.83. The number of hydrogen-bond donors (Lipinski definition) is 0. The Morgan fingerprint density at radius 3 is 1.60 bits per heavy atom. The highest BCUT2D eigenvalue weighted by molar-refractivity contribution is 6.14. The topological polar surface area (TPSA) is 55.1 Å². The van der Waals surface area contributed by atoms with Gasteiger partial charge in [0.25, 0.3) is 0 Å². The molecule has 0 bridgehead atoms. The van der Waals surface area contributed by atoms with Gasteiger partial charge in [-0.05, 0) is 81.2 Å². The van der Waals surface area contributed by atoms with Gasteiger partial charge in [-0.2, -0.15) is 0 Å². The van der Waals surface area contributed by atoms with Gasteiger partial charge < -0.3 is 9.32 Å². The van der Waals surface area contributed by atoms with Crippen molar-refractivity contribution in [1.29, 1.82) is 0 Å². The van der Waals surface area contributed by atoms with Crippen LogP contribution in [0.3, 0.4) is 0 Å². The van der Waals surface area contributed by atoms with Crippen molar-refractivity contribution in [3.63, 3.8) is 0 Å². The lowest BCUT2D eigenvalue weighted by Gasteiger charge is -2.25. The average Bonchev–Trinajstić information content (AvgIpc) is 3.68. The van der Waals surface area contributed by atoms with E-state index in [1.807, 2.05) is 78.9 Å². The van der Waals surface area contributed by atoms with E-state index in [4.69, 9.17) is 19.4 Å². The van der Waals surface area contributed by atoms with Crippen molar-refractivity contribution in [3.05, 3.63) is 206 Å². The Hall–Kier alpha value is -7.89. The second-order valence-electron chi connectivity index (χ2n) is 14.4. The van der Waals surface area contributed by atoms with Gasteiger partial charge in [0.1, 0.15) is 11.2 Å². The molecule has 11 aromatic rings. The lowest BCUT2D eigenvalue weighted by atomic mass is 9.93. The van der Waals surface area contributed by atoms with E-state index in [-0.39, 0.29) is 0 Å². The van der Waals surface area contributed by atoms with E-state index in [0.717, 1.165) is 55.7 Å². The molecule has 0 spiro atoms. The SMILES string of the molecule is c1ccc(-c2nc(-c3ccccc3)nc(-c3cccc4oc5cc(N(c6ccccc6)c6ccc(-c7cc8ccccc8c8ccccc78)cc6)ccc5c34)n2)cc1. The van der Waals surface area contributed by atoms with Crippen LogP contribution in [0.5, 0.6) is 0 Å². The molecule has 0 saturated carbocycles. The fraction of sp³-hybridized carbons (Fsp3) is 0. The number of nitrogens with zero attached hydrogens (tertiary/aromatic N) is 4. The number of benzene rings is 9. The third-order valence-electron chi connectivity index (χ3n) is 10.9. The van der Waals surface area contributed by atoms with Gasteiger partial charge in [0.15, 0.2) is 17.5 Å². The van der Waals surface area contributed by atoms with E-state index in [9.17, 15) is 0 Å². The Kier molecular flexibility index (Phi) is 8.07. The molecule has 0 N–H and O–H groups in total. The van der Waals surface area contributed by atoms with Crippen LogP contribution < -0.4 is 4.90 Å². The minimum absolute atomic E-state index is 0.593. The van der Waals surface area contributed by atoms with Crippen molar-refractivity contribution >= 4 is 60.5 Å². The lowest BCUT2D eigenvalue weighted by Crippen LogP contribution is -2.09. The molecular weight excluding hydrogens is 709 g/mol. The normalized spacial score (nSPS) is 11.4. The first-order valence-corrected chi connectivity index (χ1v) is 19.4. The zero-order valence-electron chi connectivity index (χ0n) is 31.3. The highest BCUT2D eigenvalue weighted by atomic mass is 16.3. The van der Waals surface area contributed by atoms with Crippen LogP contribution in [0.1, 0.15) is 0 Å². The Balaban J connectivity index is 1.03. The van der Waals surface area contributed by atoms with Crippen LogP contribution in [0.25, 0.3) is 88.8 Å². The van der Waals surface area contributed by atoms with Gasteiger partial charge in [-0.3, -0.25) is 0 Å². The van der Waals surface area contributed by atoms with Crippen molar-refractivity contribution in [2.24, 2.45) is 0 Å². The molecular formula is C53H34N4O. The molecule has 0 amide bonds. The molecule has 9 aromatic carbocycles. The maximum Gasteiger partial charge on any atom is 0.164 e. The Morgan fingerprint density at radius 2 is 0.897 bits per heavy atom. The van der Waals surface area contributed by atoms with Crippen molar-refractivity contribution in [1.82, 2.24) is 15.0 Å². The predicted octanol–water partition coefficient (Wildman–Crippen LogP) is 14.2. The summed E-state index contributed by atoms with van der Waals surface area (Å²) in [7, 11) is 0. The summed E-state index contributed by atoms with van der Waals surface area (Å²) in [6, 6.07) is 71.7. The molecule has 0 aliphatic heterocycles. The Bertz CT molecular complexity index is 3210. The molecule has 11 rings (SSSR count). The monoisotopic (exact) mass is 742 g/mol. The van der Waals surface area contributed by atoms with Crippen LogP contribution in [0.4, 0.5) is 17.1 Å². The lowest BCUT2D eigenvalue weighted by molar-refractivity contribution is 0.669. The molecule has 0 fully saturated rings. The first-order chi connectivity index (χ1) is 28.7. The molecule has 0 aliphatic rings. The van der Waals surface area contributed by atoms with Gasteiger partial charge in [0, 0.05) is 50.6 Å². The van der Waals surface area contributed by atoms with Crippen molar-refractivity contribution in [2.45, 2.75) is 0 Å². The largest absolute Gasteiger partial charge is 0.456 e. The van der Waals surface area contributed by atoms with Crippen LogP contribution in [-0.2, 0) is 0 Å². The minimum Gasteiger partial charge on any atom is -0.456 e. The van der Waals surface area contributed by atoms with Crippen LogP contribution in [0, 0.1) is 0 Å². The molecule has 0 radical (unpaired) electrons. The molecule has 5 nitrogen and oxygen atoms in total. The first-order valence-electron chi connectivity index (χ1n) is 19.4. The fourth-order valence-electron chi connectivity index (χ4n) is 8.18. The van der Waals surface area contributed by atoms with Gasteiger partial charge in [-0.25, -0.2) is 15.0 Å². The zero-order chi connectivity index (χ0) is 38.4. The summed E-state index contributed by atoms with van der Waals surface area (Å²) in [4.78, 5) is 17.3. The standard InChI is InChI=1S/C53H34N4O/c1-4-15-36(16-5-1)51-54-52(37-17-6-2-7-18-37)56-53(55-51)46-25-14-26-48-50(46)45-32-31-41(34-49(45)58-48)57(39-20-8-3-9-21-39)40-29-27-35(28-30-40)47-33-38-19-10-11-22-42(38)43-23-12-13-24-44(43)47/h1-34H. The summed E-state index contributed by atoms with van der Waals surface area (Å²) in [6.45, 7) is 0. The Labute approximate surface area is 335 Å². The second kappa shape index (κ2) is 14.0. The molecule has 2 heterocycles. The van der Waals surface area contributed by atoms with E-state index in [2.05, 4.69) is 132 Å². The number of anilines is 3. The van der Waals surface area contributed by atoms with Crippen LogP contribution in [0.15, 0.2) is 211 Å². The number of aromatic nitrogens is 3. The van der Waals surface area contributed by atoms with E-state index in [1.165, 1.54) is 32.7 Å². The molecule has 0 saturated heterocycles. The van der Waals surface area contributed by atoms with Gasteiger partial charge in [0.05, 0.1) is 0 Å². The van der Waals surface area contributed by atoms with E-state index in [0.29, 0.717) is 17.5 Å². The molecule has 272 valence electrons. The third-order valence-corrected chi connectivity index (χ3v) is 10.9. The number of hydrogen-bond acceptors (Lipinski definition) is 5. The zero-order valence-corrected chi connectivity index (χ0v) is 31.3. The number of rotatable bonds is 7. The predicted molar refractivity (Wildman–Crippen MR) is 239 cm³/mol. The maximum atomic E-state index is 6.66. The van der Waals surface area contributed by atoms with Crippen molar-refractivity contribution in [3.8, 4) is 45.3 Å². The molecule has 0 atom stereocenters. The van der Waals surface area contributed by atoms with E-state index >= 15 is 0 Å². The smallest absolute Gasteiger partial charge is 0.164 e. The average molecular weight is 743 g/mol. The van der Waals surface area contributed by atoms with Crippen LogP contribution in [0.2, 0.25) is 0 Å². The Morgan fingerprint density at radius 1 is 0.328 bits per heavy atom. The van der Waals surface area contributed by atoms with Crippen molar-refractivity contribution in [2.75, 3.05) is 4.90 Å². The fourth-order valence-corrected chi connectivity index (χ4v) is 8.18. The molecule has 0 aliphatic carbocycles. The summed E-state index contributed by atoms with van der Waals surface area (Å²) in [5, 5.41) is 6.96. The first kappa shape index (κ1) is 33.4. The van der Waals surface area contributed by atoms with Gasteiger partial charge in [-0.15, -0.1) is 0 Å². The molecule has 0 unspecified atom stereocenters. The highest BCUT2D eigenvalue weighted by Gasteiger charge is 2.20. The van der Waals surface area contributed by atoms with Crippen molar-refractivity contribution < 1.29 is 4.42 Å². The number of para-hydroxylation sites is 1. The molecule has 58 heavy (non-hydrogen) atoms. The minimum atomic E-state index is 0.593. The maximum absolute atomic E-state index is 6.66. The molecule has 5 heteroatoms. The molecule has 2 aromatic heterocycles. The number of furan rings is 1. The summed E-state index contributed by atoms with van der Waals surface area (Å²) in [5.41, 5.74) is 9.76. The van der Waals surface area contributed by atoms with Gasteiger partial charge >= 0.3 is 0 Å². The second-order valence-corrected chi connectivity index (χ2v) is 14.4. The highest BCUT2D eigenvalue weighted by Crippen LogP contribution is 2.42.